The van der Waals surface area contributed by atoms with E-state index in [-0.39, 0.29) is 0 Å². The van der Waals surface area contributed by atoms with Crippen molar-refractivity contribution >= 4 is 23.0 Å². The molecule has 2 aromatic heterocycles. The number of carbonyl (C=O) groups excluding carboxylic acids is 1. The smallest absolute Gasteiger partial charge is 0.258 e. The van der Waals surface area contributed by atoms with Crippen LogP contribution in [0.2, 0.25) is 0 Å². The number of nitrogens with two attached hydrogens (primary N) is 2. The van der Waals surface area contributed by atoms with Crippen LogP contribution in [-0.4, -0.2) is 18.2 Å². The van der Waals surface area contributed by atoms with Gasteiger partial charge in [-0.2, -0.15) is 0 Å². The van der Waals surface area contributed by atoms with Gasteiger partial charge in [-0.25, -0.2) is 4.99 Å². The van der Waals surface area contributed by atoms with Gasteiger partial charge in [0.2, 0.25) is 0 Å². The van der Waals surface area contributed by atoms with Gasteiger partial charge in [-0.15, -0.1) is 11.3 Å². The second-order valence-corrected chi connectivity index (χ2v) is 6.95. The van der Waals surface area contributed by atoms with Gasteiger partial charge in [0.25, 0.3) is 5.91 Å². The van der Waals surface area contributed by atoms with Crippen molar-refractivity contribution in [3.8, 4) is 0 Å². The summed E-state index contributed by atoms with van der Waals surface area (Å²) in [5.74, 6) is 1.02. The summed E-state index contributed by atoms with van der Waals surface area (Å²) in [6.45, 7) is 12.4. The first kappa shape index (κ1) is 20.9. The molecule has 5 nitrogen and oxygen atoms in total. The molecule has 0 spiro atoms. The van der Waals surface area contributed by atoms with Crippen molar-refractivity contribution in [2.75, 3.05) is 6.54 Å². The number of thiophene rings is 1. The van der Waals surface area contributed by atoms with Gasteiger partial charge in [-0.3, -0.25) is 4.79 Å². The van der Waals surface area contributed by atoms with Crippen molar-refractivity contribution in [3.63, 3.8) is 0 Å². The Morgan fingerprint density at radius 1 is 1.36 bits per heavy atom. The Kier molecular flexibility index (Phi) is 8.31. The highest BCUT2D eigenvalue weighted by atomic mass is 32.1. The third-order valence-electron chi connectivity index (χ3n) is 3.25. The van der Waals surface area contributed by atoms with E-state index < -0.39 is 5.91 Å². The molecule has 0 fully saturated rings. The molecule has 0 aromatic carbocycles. The van der Waals surface area contributed by atoms with Crippen molar-refractivity contribution in [2.24, 2.45) is 16.5 Å². The van der Waals surface area contributed by atoms with Crippen LogP contribution >= 0.6 is 11.3 Å². The van der Waals surface area contributed by atoms with E-state index in [9.17, 15) is 4.79 Å². The monoisotopic (exact) mass is 361 g/mol. The standard InChI is InChI=1S/C15H16N2O2S.C4H11N/c1-8(2)17-14(12-6-5-9(3)19-12)11-7-13(15(16)18)20-10(11)4;1-2-3-4-5/h5-7H,1H2,2-4H3,(H2,16,18);2-5H2,1H3. The summed E-state index contributed by atoms with van der Waals surface area (Å²) < 4.78 is 5.64. The highest BCUT2D eigenvalue weighted by Gasteiger charge is 2.18. The van der Waals surface area contributed by atoms with Gasteiger partial charge in [0, 0.05) is 16.1 Å². The summed E-state index contributed by atoms with van der Waals surface area (Å²) in [7, 11) is 0. The fraction of sp³-hybridized carbons (Fsp3) is 0.368. The molecule has 2 heterocycles. The number of primary amides is 1. The predicted molar refractivity (Wildman–Crippen MR) is 105 cm³/mol. The molecule has 4 N–H and O–H groups in total. The minimum absolute atomic E-state index is 0.436. The molecule has 0 saturated heterocycles. The Morgan fingerprint density at radius 2 is 2.04 bits per heavy atom. The van der Waals surface area contributed by atoms with Crippen LogP contribution in [0, 0.1) is 13.8 Å². The lowest BCUT2D eigenvalue weighted by molar-refractivity contribution is 0.100. The minimum atomic E-state index is -0.436. The molecule has 0 atom stereocenters. The summed E-state index contributed by atoms with van der Waals surface area (Å²) in [6.07, 6.45) is 2.39. The molecule has 6 heteroatoms. The van der Waals surface area contributed by atoms with Crippen molar-refractivity contribution in [1.82, 2.24) is 0 Å². The van der Waals surface area contributed by atoms with E-state index in [0.717, 1.165) is 22.7 Å². The number of allylic oxidation sites excluding steroid dienone is 1. The molecule has 1 amide bonds. The lowest BCUT2D eigenvalue weighted by Gasteiger charge is -2.03. The molecular formula is C19H27N3O2S. The van der Waals surface area contributed by atoms with Crippen molar-refractivity contribution in [2.45, 2.75) is 40.5 Å². The summed E-state index contributed by atoms with van der Waals surface area (Å²) in [5, 5.41) is 0. The number of nitrogens with zero attached hydrogens (tertiary/aromatic N) is 1. The zero-order chi connectivity index (χ0) is 19.0. The molecular weight excluding hydrogens is 334 g/mol. The Labute approximate surface area is 153 Å². The maximum atomic E-state index is 11.3. The molecule has 136 valence electrons. The molecule has 0 unspecified atom stereocenters. The van der Waals surface area contributed by atoms with E-state index in [1.807, 2.05) is 32.9 Å². The fourth-order valence-electron chi connectivity index (χ4n) is 2.04. The SMILES string of the molecule is C=C(C)N=C(c1ccc(C)o1)c1cc(C(N)=O)sc1C.CCCCN. The summed E-state index contributed by atoms with van der Waals surface area (Å²) in [6, 6.07) is 5.49. The topological polar surface area (TPSA) is 94.6 Å². The van der Waals surface area contributed by atoms with Crippen LogP contribution in [0.5, 0.6) is 0 Å². The Bertz CT molecular complexity index is 755. The zero-order valence-corrected chi connectivity index (χ0v) is 16.2. The molecule has 0 radical (unpaired) electrons. The molecule has 0 saturated carbocycles. The first-order chi connectivity index (χ1) is 11.8. The quantitative estimate of drug-likeness (QED) is 0.756. The van der Waals surface area contributed by atoms with E-state index in [1.165, 1.54) is 24.2 Å². The third-order valence-corrected chi connectivity index (χ3v) is 4.31. The number of amides is 1. The predicted octanol–water partition coefficient (Wildman–Crippen LogP) is 4.17. The number of rotatable bonds is 6. The van der Waals surface area contributed by atoms with E-state index in [4.69, 9.17) is 15.9 Å². The maximum Gasteiger partial charge on any atom is 0.258 e. The fourth-order valence-corrected chi connectivity index (χ4v) is 2.92. The van der Waals surface area contributed by atoms with E-state index in [0.29, 0.717) is 22.0 Å². The average Bonchev–Trinajstić information content (AvgIpc) is 3.12. The van der Waals surface area contributed by atoms with E-state index in [1.54, 1.807) is 6.07 Å². The van der Waals surface area contributed by atoms with E-state index in [2.05, 4.69) is 18.5 Å². The van der Waals surface area contributed by atoms with Crippen LogP contribution in [0.1, 0.15) is 58.3 Å². The maximum absolute atomic E-state index is 11.3. The highest BCUT2D eigenvalue weighted by Crippen LogP contribution is 2.25. The first-order valence-electron chi connectivity index (χ1n) is 8.21. The largest absolute Gasteiger partial charge is 0.460 e. The number of unbranched alkanes of at least 4 members (excludes halogenated alkanes) is 1. The van der Waals surface area contributed by atoms with Gasteiger partial charge < -0.3 is 15.9 Å². The number of aliphatic imine (C=N–C) groups is 1. The van der Waals surface area contributed by atoms with Crippen LogP contribution < -0.4 is 11.5 Å². The Morgan fingerprint density at radius 3 is 2.40 bits per heavy atom. The van der Waals surface area contributed by atoms with Gasteiger partial charge in [-0.1, -0.05) is 19.9 Å². The van der Waals surface area contributed by atoms with Gasteiger partial charge >= 0.3 is 0 Å². The second kappa shape index (κ2) is 9.96. The number of hydrogen-bond donors (Lipinski definition) is 2. The van der Waals surface area contributed by atoms with Gasteiger partial charge in [-0.05, 0) is 51.9 Å². The lowest BCUT2D eigenvalue weighted by atomic mass is 10.1. The van der Waals surface area contributed by atoms with Gasteiger partial charge in [0.15, 0.2) is 5.76 Å². The van der Waals surface area contributed by atoms with Gasteiger partial charge in [0.1, 0.15) is 11.5 Å². The number of furan rings is 1. The van der Waals surface area contributed by atoms with Crippen molar-refractivity contribution in [1.29, 1.82) is 0 Å². The Balaban J connectivity index is 0.000000550. The number of aryl methyl sites for hydroxylation is 2. The van der Waals surface area contributed by atoms with Crippen LogP contribution in [-0.2, 0) is 0 Å². The van der Waals surface area contributed by atoms with Crippen molar-refractivity contribution in [3.05, 3.63) is 57.3 Å². The molecule has 0 bridgehead atoms. The zero-order valence-electron chi connectivity index (χ0n) is 15.4. The van der Waals surface area contributed by atoms with E-state index >= 15 is 0 Å². The van der Waals surface area contributed by atoms with Crippen molar-refractivity contribution < 1.29 is 9.21 Å². The molecule has 2 rings (SSSR count). The van der Waals surface area contributed by atoms with Crippen LogP contribution in [0.15, 0.2) is 39.9 Å². The molecule has 0 aliphatic rings. The third kappa shape index (κ3) is 6.32. The Hall–Kier alpha value is -2.18. The van der Waals surface area contributed by atoms with Crippen LogP contribution in [0.25, 0.3) is 0 Å². The first-order valence-corrected chi connectivity index (χ1v) is 9.03. The molecule has 0 aliphatic carbocycles. The minimum Gasteiger partial charge on any atom is -0.460 e. The van der Waals surface area contributed by atoms with Crippen LogP contribution in [0.4, 0.5) is 0 Å². The summed E-state index contributed by atoms with van der Waals surface area (Å²) in [5.41, 5.74) is 12.7. The number of carbonyl (C=O) groups is 1. The summed E-state index contributed by atoms with van der Waals surface area (Å²) >= 11 is 1.35. The molecule has 25 heavy (non-hydrogen) atoms. The normalized spacial score (nSPS) is 11.0. The van der Waals surface area contributed by atoms with Gasteiger partial charge in [0.05, 0.1) is 4.88 Å². The second-order valence-electron chi connectivity index (χ2n) is 5.69. The highest BCUT2D eigenvalue weighted by molar-refractivity contribution is 7.14. The van der Waals surface area contributed by atoms with Crippen LogP contribution in [0.3, 0.4) is 0 Å². The number of hydrogen-bond acceptors (Lipinski definition) is 5. The molecule has 2 aromatic rings. The summed E-state index contributed by atoms with van der Waals surface area (Å²) in [4.78, 5) is 17.2. The lowest BCUT2D eigenvalue weighted by Crippen LogP contribution is -2.09. The molecule has 0 aliphatic heterocycles. The average molecular weight is 362 g/mol.